The molecule has 1 amide bonds. The minimum Gasteiger partial charge on any atom is -0.497 e. The van der Waals surface area contributed by atoms with Crippen molar-refractivity contribution in [3.8, 4) is 11.5 Å². The summed E-state index contributed by atoms with van der Waals surface area (Å²) < 4.78 is 10.9. The number of carbonyl (C=O) groups excluding carboxylic acids is 1. The second-order valence-electron chi connectivity index (χ2n) is 4.91. The first-order valence-corrected chi connectivity index (χ1v) is 8.64. The van der Waals surface area contributed by atoms with Crippen LogP contribution in [-0.2, 0) is 4.79 Å². The molecule has 0 aliphatic carbocycles. The lowest BCUT2D eigenvalue weighted by Crippen LogP contribution is -2.32. The minimum atomic E-state index is -0.540. The summed E-state index contributed by atoms with van der Waals surface area (Å²) in [5.74, 6) is 1.25. The largest absolute Gasteiger partial charge is 0.497 e. The van der Waals surface area contributed by atoms with Crippen molar-refractivity contribution < 1.29 is 14.3 Å². The van der Waals surface area contributed by atoms with Gasteiger partial charge in [-0.1, -0.05) is 13.0 Å². The number of methoxy groups -OCH3 is 1. The number of ether oxygens (including phenoxy) is 2. The number of anilines is 1. The molecule has 0 unspecified atom stereocenters. The Balaban J connectivity index is 2.02. The summed E-state index contributed by atoms with van der Waals surface area (Å²) in [4.78, 5) is 13.5. The van der Waals surface area contributed by atoms with E-state index in [0.29, 0.717) is 12.2 Å². The molecule has 0 aromatic heterocycles. The van der Waals surface area contributed by atoms with Crippen LogP contribution < -0.4 is 14.8 Å². The molecular formula is C18H21NO3S. The molecule has 0 heterocycles. The molecule has 1 atom stereocenters. The minimum absolute atomic E-state index is 0.151. The topological polar surface area (TPSA) is 47.6 Å². The zero-order chi connectivity index (χ0) is 16.7. The molecule has 23 heavy (non-hydrogen) atoms. The van der Waals surface area contributed by atoms with Crippen molar-refractivity contribution in [3.63, 3.8) is 0 Å². The van der Waals surface area contributed by atoms with Gasteiger partial charge in [-0.2, -0.15) is 0 Å². The van der Waals surface area contributed by atoms with E-state index in [4.69, 9.17) is 9.47 Å². The third kappa shape index (κ3) is 4.93. The first kappa shape index (κ1) is 17.2. The predicted octanol–water partition coefficient (Wildman–Crippen LogP) is 4.21. The van der Waals surface area contributed by atoms with Gasteiger partial charge in [-0.05, 0) is 55.1 Å². The summed E-state index contributed by atoms with van der Waals surface area (Å²) in [7, 11) is 1.61. The Bertz CT molecular complexity index is 643. The molecule has 0 bridgehead atoms. The monoisotopic (exact) mass is 331 g/mol. The van der Waals surface area contributed by atoms with Crippen molar-refractivity contribution in [2.45, 2.75) is 24.3 Å². The van der Waals surface area contributed by atoms with Crippen LogP contribution in [0.4, 0.5) is 5.69 Å². The molecule has 0 fully saturated rings. The van der Waals surface area contributed by atoms with E-state index >= 15 is 0 Å². The highest BCUT2D eigenvalue weighted by Gasteiger charge is 2.18. The van der Waals surface area contributed by atoms with Crippen LogP contribution in [0.25, 0.3) is 0 Å². The van der Waals surface area contributed by atoms with Crippen LogP contribution in [0, 0.1) is 0 Å². The average Bonchev–Trinajstić information content (AvgIpc) is 2.60. The summed E-state index contributed by atoms with van der Waals surface area (Å²) in [5.41, 5.74) is 0.777. The maximum absolute atomic E-state index is 12.4. The molecule has 5 heteroatoms. The van der Waals surface area contributed by atoms with Gasteiger partial charge in [-0.3, -0.25) is 4.79 Å². The number of hydrogen-bond donors (Lipinski definition) is 1. The number of benzene rings is 2. The summed E-state index contributed by atoms with van der Waals surface area (Å²) in [6, 6.07) is 15.0. The van der Waals surface area contributed by atoms with E-state index in [1.54, 1.807) is 31.0 Å². The van der Waals surface area contributed by atoms with Gasteiger partial charge >= 0.3 is 0 Å². The molecule has 2 aromatic carbocycles. The molecule has 0 aliphatic heterocycles. The average molecular weight is 331 g/mol. The summed E-state index contributed by atoms with van der Waals surface area (Å²) >= 11 is 1.64. The lowest BCUT2D eigenvalue weighted by Gasteiger charge is -2.17. The Labute approximate surface area is 141 Å². The van der Waals surface area contributed by atoms with Crippen molar-refractivity contribution >= 4 is 23.4 Å². The van der Waals surface area contributed by atoms with E-state index in [-0.39, 0.29) is 5.91 Å². The van der Waals surface area contributed by atoms with Crippen LogP contribution in [-0.4, -0.2) is 25.4 Å². The third-order valence-corrected chi connectivity index (χ3v) is 4.06. The molecule has 4 nitrogen and oxygen atoms in total. The van der Waals surface area contributed by atoms with E-state index in [0.717, 1.165) is 16.3 Å². The van der Waals surface area contributed by atoms with Gasteiger partial charge in [-0.15, -0.1) is 11.8 Å². The zero-order valence-electron chi connectivity index (χ0n) is 13.5. The Morgan fingerprint density at radius 2 is 1.87 bits per heavy atom. The van der Waals surface area contributed by atoms with Gasteiger partial charge in [0.05, 0.1) is 7.11 Å². The first-order valence-electron chi connectivity index (χ1n) is 7.42. The van der Waals surface area contributed by atoms with E-state index in [9.17, 15) is 4.79 Å². The smallest absolute Gasteiger partial charge is 0.265 e. The van der Waals surface area contributed by atoms with E-state index in [1.165, 1.54) is 0 Å². The maximum Gasteiger partial charge on any atom is 0.265 e. The highest BCUT2D eigenvalue weighted by molar-refractivity contribution is 7.98. The molecule has 0 saturated carbocycles. The van der Waals surface area contributed by atoms with Gasteiger partial charge < -0.3 is 14.8 Å². The van der Waals surface area contributed by atoms with Crippen LogP contribution in [0.3, 0.4) is 0 Å². The van der Waals surface area contributed by atoms with Crippen molar-refractivity contribution in [2.24, 2.45) is 0 Å². The van der Waals surface area contributed by atoms with E-state index in [1.807, 2.05) is 49.6 Å². The number of rotatable bonds is 7. The molecule has 0 radical (unpaired) electrons. The van der Waals surface area contributed by atoms with E-state index in [2.05, 4.69) is 5.32 Å². The van der Waals surface area contributed by atoms with Crippen molar-refractivity contribution in [2.75, 3.05) is 18.7 Å². The fourth-order valence-corrected chi connectivity index (χ4v) is 2.52. The molecule has 122 valence electrons. The summed E-state index contributed by atoms with van der Waals surface area (Å²) in [6.45, 7) is 1.92. The van der Waals surface area contributed by atoms with Gasteiger partial charge in [0.15, 0.2) is 6.10 Å². The molecule has 0 spiro atoms. The molecule has 2 rings (SSSR count). The van der Waals surface area contributed by atoms with Crippen LogP contribution in [0.5, 0.6) is 11.5 Å². The maximum atomic E-state index is 12.4. The lowest BCUT2D eigenvalue weighted by atomic mass is 10.2. The van der Waals surface area contributed by atoms with Gasteiger partial charge in [0.1, 0.15) is 11.5 Å². The van der Waals surface area contributed by atoms with Crippen molar-refractivity contribution in [1.82, 2.24) is 0 Å². The second kappa shape index (κ2) is 8.48. The fourth-order valence-electron chi connectivity index (χ4n) is 2.06. The van der Waals surface area contributed by atoms with Crippen molar-refractivity contribution in [3.05, 3.63) is 48.5 Å². The SMILES string of the molecule is CC[C@@H](Oc1ccc(OC)cc1)C(=O)Nc1cccc(SC)c1. The molecule has 1 N–H and O–H groups in total. The third-order valence-electron chi connectivity index (χ3n) is 3.34. The highest BCUT2D eigenvalue weighted by Crippen LogP contribution is 2.21. The Morgan fingerprint density at radius 3 is 2.48 bits per heavy atom. The standard InChI is InChI=1S/C18H21NO3S/c1-4-17(22-15-10-8-14(21-2)9-11-15)18(20)19-13-6-5-7-16(12-13)23-3/h5-12,17H,4H2,1-3H3,(H,19,20)/t17-/m1/s1. The number of hydrogen-bond acceptors (Lipinski definition) is 4. The summed E-state index contributed by atoms with van der Waals surface area (Å²) in [5, 5.41) is 2.91. The van der Waals surface area contributed by atoms with E-state index < -0.39 is 6.10 Å². The lowest BCUT2D eigenvalue weighted by molar-refractivity contribution is -0.122. The van der Waals surface area contributed by atoms with Gasteiger partial charge in [0.2, 0.25) is 0 Å². The van der Waals surface area contributed by atoms with Crippen LogP contribution >= 0.6 is 11.8 Å². The number of nitrogens with one attached hydrogen (secondary N) is 1. The number of amides is 1. The highest BCUT2D eigenvalue weighted by atomic mass is 32.2. The van der Waals surface area contributed by atoms with Gasteiger partial charge in [-0.25, -0.2) is 0 Å². The Kier molecular flexibility index (Phi) is 6.35. The second-order valence-corrected chi connectivity index (χ2v) is 5.79. The first-order chi connectivity index (χ1) is 11.2. The normalized spacial score (nSPS) is 11.6. The molecular weight excluding hydrogens is 310 g/mol. The van der Waals surface area contributed by atoms with Crippen LogP contribution in [0.15, 0.2) is 53.4 Å². The number of carbonyl (C=O) groups is 1. The predicted molar refractivity (Wildman–Crippen MR) is 94.6 cm³/mol. The van der Waals surface area contributed by atoms with Crippen LogP contribution in [0.2, 0.25) is 0 Å². The van der Waals surface area contributed by atoms with Gasteiger partial charge in [0.25, 0.3) is 5.91 Å². The van der Waals surface area contributed by atoms with Gasteiger partial charge in [0, 0.05) is 10.6 Å². The van der Waals surface area contributed by atoms with Crippen LogP contribution in [0.1, 0.15) is 13.3 Å². The quantitative estimate of drug-likeness (QED) is 0.772. The zero-order valence-corrected chi connectivity index (χ0v) is 14.4. The van der Waals surface area contributed by atoms with Crippen molar-refractivity contribution in [1.29, 1.82) is 0 Å². The Morgan fingerprint density at radius 1 is 1.17 bits per heavy atom. The molecule has 2 aromatic rings. The fraction of sp³-hybridized carbons (Fsp3) is 0.278. The molecule has 0 aliphatic rings. The Hall–Kier alpha value is -2.14. The molecule has 0 saturated heterocycles. The summed E-state index contributed by atoms with van der Waals surface area (Å²) in [6.07, 6.45) is 2.05. The number of thioether (sulfide) groups is 1.